The molecule has 24 heavy (non-hydrogen) atoms. The van der Waals surface area contributed by atoms with Gasteiger partial charge in [0.1, 0.15) is 17.1 Å². The lowest BCUT2D eigenvalue weighted by molar-refractivity contribution is -0.128. The molecule has 3 rings (SSSR count). The van der Waals surface area contributed by atoms with Gasteiger partial charge in [0, 0.05) is 17.5 Å². The molecule has 2 unspecified atom stereocenters. The minimum Gasteiger partial charge on any atom is -0.477 e. The van der Waals surface area contributed by atoms with Crippen molar-refractivity contribution >= 4 is 5.91 Å². The summed E-state index contributed by atoms with van der Waals surface area (Å²) in [6.07, 6.45) is -0.481. The van der Waals surface area contributed by atoms with Crippen LogP contribution >= 0.6 is 0 Å². The topological polar surface area (TPSA) is 71.7 Å². The molecule has 1 aliphatic heterocycles. The predicted octanol–water partition coefficient (Wildman–Crippen LogP) is 2.36. The van der Waals surface area contributed by atoms with Gasteiger partial charge in [-0.2, -0.15) is 0 Å². The number of aliphatic hydroxyl groups is 1. The normalized spacial score (nSPS) is 18.6. The Morgan fingerprint density at radius 2 is 2.21 bits per heavy atom. The summed E-state index contributed by atoms with van der Waals surface area (Å²) in [5.41, 5.74) is 0.0268. The first-order valence-electron chi connectivity index (χ1n) is 7.79. The highest BCUT2D eigenvalue weighted by Gasteiger charge is 2.33. The van der Waals surface area contributed by atoms with Crippen LogP contribution in [0.2, 0.25) is 0 Å². The molecular weight excluding hydrogens is 313 g/mol. The van der Waals surface area contributed by atoms with Crippen molar-refractivity contribution in [3.05, 3.63) is 52.7 Å². The van der Waals surface area contributed by atoms with Crippen LogP contribution in [-0.2, 0) is 16.8 Å². The van der Waals surface area contributed by atoms with Gasteiger partial charge in [-0.25, -0.2) is 4.39 Å². The van der Waals surface area contributed by atoms with Crippen molar-refractivity contribution in [2.24, 2.45) is 0 Å². The summed E-state index contributed by atoms with van der Waals surface area (Å²) in [7, 11) is 0. The van der Waals surface area contributed by atoms with E-state index in [1.54, 1.807) is 39.0 Å². The molecule has 0 saturated heterocycles. The third-order valence-electron chi connectivity index (χ3n) is 4.23. The molecule has 0 fully saturated rings. The van der Waals surface area contributed by atoms with Gasteiger partial charge in [0.2, 0.25) is 0 Å². The number of furan rings is 1. The zero-order valence-electron chi connectivity index (χ0n) is 13.9. The van der Waals surface area contributed by atoms with Gasteiger partial charge in [-0.1, -0.05) is 12.1 Å². The Morgan fingerprint density at radius 3 is 2.83 bits per heavy atom. The molecule has 0 bridgehead atoms. The maximum atomic E-state index is 13.7. The van der Waals surface area contributed by atoms with Gasteiger partial charge in [-0.15, -0.1) is 0 Å². The second-order valence-corrected chi connectivity index (χ2v) is 6.36. The molecule has 1 aliphatic rings. The SMILES string of the molecule is Cc1cc(C(C)(O)CNC(=O)C2Cc3cccc(F)c3O2)c(C)o1. The van der Waals surface area contributed by atoms with Gasteiger partial charge in [-0.3, -0.25) is 4.79 Å². The molecule has 2 aromatic rings. The lowest BCUT2D eigenvalue weighted by Gasteiger charge is -2.24. The molecule has 1 aromatic carbocycles. The number of carbonyl (C=O) groups is 1. The highest BCUT2D eigenvalue weighted by atomic mass is 19.1. The highest BCUT2D eigenvalue weighted by Crippen LogP contribution is 2.31. The lowest BCUT2D eigenvalue weighted by atomic mass is 9.96. The van der Waals surface area contributed by atoms with Crippen LogP contribution in [0, 0.1) is 19.7 Å². The van der Waals surface area contributed by atoms with E-state index >= 15 is 0 Å². The fraction of sp³-hybridized carbons (Fsp3) is 0.389. The molecule has 0 radical (unpaired) electrons. The largest absolute Gasteiger partial charge is 0.477 e. The van der Waals surface area contributed by atoms with E-state index in [0.29, 0.717) is 29.1 Å². The van der Waals surface area contributed by atoms with Crippen molar-refractivity contribution in [1.29, 1.82) is 0 Å². The highest BCUT2D eigenvalue weighted by molar-refractivity contribution is 5.82. The molecule has 0 spiro atoms. The Labute approximate surface area is 139 Å². The second kappa shape index (κ2) is 5.94. The number of para-hydroxylation sites is 1. The van der Waals surface area contributed by atoms with Gasteiger partial charge < -0.3 is 19.6 Å². The van der Waals surface area contributed by atoms with Crippen LogP contribution in [0.3, 0.4) is 0 Å². The molecule has 0 saturated carbocycles. The fourth-order valence-electron chi connectivity index (χ4n) is 3.01. The van der Waals surface area contributed by atoms with Crippen molar-refractivity contribution in [2.45, 2.75) is 38.9 Å². The standard InChI is InChI=1S/C18H20FNO4/c1-10-7-13(11(2)23-10)18(3,22)9-20-17(21)15-8-12-5-4-6-14(19)16(12)24-15/h4-7,15,22H,8-9H2,1-3H3,(H,20,21). The minimum absolute atomic E-state index is 0.00430. The summed E-state index contributed by atoms with van der Waals surface area (Å²) >= 11 is 0. The van der Waals surface area contributed by atoms with Crippen LogP contribution < -0.4 is 10.1 Å². The smallest absolute Gasteiger partial charge is 0.261 e. The van der Waals surface area contributed by atoms with Crippen LogP contribution in [-0.4, -0.2) is 23.7 Å². The Hall–Kier alpha value is -2.34. The van der Waals surface area contributed by atoms with E-state index in [1.165, 1.54) is 6.07 Å². The first kappa shape index (κ1) is 16.5. The zero-order valence-corrected chi connectivity index (χ0v) is 13.9. The third kappa shape index (κ3) is 3.01. The minimum atomic E-state index is -1.27. The summed E-state index contributed by atoms with van der Waals surface area (Å²) in [5, 5.41) is 13.3. The number of amides is 1. The summed E-state index contributed by atoms with van der Waals surface area (Å²) in [5.74, 6) is 0.575. The number of fused-ring (bicyclic) bond motifs is 1. The number of hydrogen-bond donors (Lipinski definition) is 2. The van der Waals surface area contributed by atoms with E-state index in [-0.39, 0.29) is 18.2 Å². The Morgan fingerprint density at radius 1 is 1.46 bits per heavy atom. The number of nitrogens with one attached hydrogen (secondary N) is 1. The van der Waals surface area contributed by atoms with Gasteiger partial charge in [0.15, 0.2) is 17.7 Å². The van der Waals surface area contributed by atoms with E-state index in [2.05, 4.69) is 5.32 Å². The van der Waals surface area contributed by atoms with Crippen LogP contribution in [0.5, 0.6) is 5.75 Å². The molecule has 2 atom stereocenters. The third-order valence-corrected chi connectivity index (χ3v) is 4.23. The average Bonchev–Trinajstić information content (AvgIpc) is 3.09. The Kier molecular flexibility index (Phi) is 4.09. The molecule has 1 aromatic heterocycles. The maximum absolute atomic E-state index is 13.7. The molecule has 6 heteroatoms. The van der Waals surface area contributed by atoms with Crippen LogP contribution in [0.1, 0.15) is 29.6 Å². The number of rotatable bonds is 4. The molecule has 2 N–H and O–H groups in total. The predicted molar refractivity (Wildman–Crippen MR) is 85.3 cm³/mol. The second-order valence-electron chi connectivity index (χ2n) is 6.36. The number of halogens is 1. The van der Waals surface area contributed by atoms with Gasteiger partial charge in [-0.05, 0) is 32.9 Å². The molecule has 128 valence electrons. The van der Waals surface area contributed by atoms with E-state index in [0.717, 1.165) is 0 Å². The number of carbonyl (C=O) groups excluding carboxylic acids is 1. The van der Waals surface area contributed by atoms with Crippen molar-refractivity contribution in [3.63, 3.8) is 0 Å². The van der Waals surface area contributed by atoms with Crippen LogP contribution in [0.4, 0.5) is 4.39 Å². The Bertz CT molecular complexity index is 781. The number of aryl methyl sites for hydroxylation is 2. The summed E-state index contributed by atoms with van der Waals surface area (Å²) in [6, 6.07) is 6.37. The summed E-state index contributed by atoms with van der Waals surface area (Å²) < 4.78 is 24.5. The molecule has 0 aliphatic carbocycles. The molecule has 5 nitrogen and oxygen atoms in total. The van der Waals surface area contributed by atoms with Crippen LogP contribution in [0.25, 0.3) is 0 Å². The number of ether oxygens (including phenoxy) is 1. The fourth-order valence-corrected chi connectivity index (χ4v) is 3.01. The van der Waals surface area contributed by atoms with Gasteiger partial charge in [0.05, 0.1) is 6.54 Å². The number of hydrogen-bond acceptors (Lipinski definition) is 4. The first-order valence-corrected chi connectivity index (χ1v) is 7.79. The number of benzene rings is 1. The monoisotopic (exact) mass is 333 g/mol. The first-order chi connectivity index (χ1) is 11.3. The van der Waals surface area contributed by atoms with E-state index in [4.69, 9.17) is 9.15 Å². The summed E-state index contributed by atoms with van der Waals surface area (Å²) in [4.78, 5) is 12.3. The zero-order chi connectivity index (χ0) is 17.5. The lowest BCUT2D eigenvalue weighted by Crippen LogP contribution is -2.44. The van der Waals surface area contributed by atoms with Crippen molar-refractivity contribution in [2.75, 3.05) is 6.54 Å². The van der Waals surface area contributed by atoms with Gasteiger partial charge in [0.25, 0.3) is 5.91 Å². The molecule has 2 heterocycles. The van der Waals surface area contributed by atoms with Gasteiger partial charge >= 0.3 is 0 Å². The summed E-state index contributed by atoms with van der Waals surface area (Å²) in [6.45, 7) is 5.17. The van der Waals surface area contributed by atoms with Crippen molar-refractivity contribution in [3.8, 4) is 5.75 Å². The van der Waals surface area contributed by atoms with Crippen molar-refractivity contribution in [1.82, 2.24) is 5.32 Å². The molecular formula is C18H20FNO4. The maximum Gasteiger partial charge on any atom is 0.261 e. The van der Waals surface area contributed by atoms with Crippen LogP contribution in [0.15, 0.2) is 28.7 Å². The van der Waals surface area contributed by atoms with E-state index < -0.39 is 17.5 Å². The van der Waals surface area contributed by atoms with Crippen molar-refractivity contribution < 1.29 is 23.4 Å². The van der Waals surface area contributed by atoms with E-state index in [9.17, 15) is 14.3 Å². The Balaban J connectivity index is 1.64. The average molecular weight is 333 g/mol. The van der Waals surface area contributed by atoms with E-state index in [1.807, 2.05) is 0 Å². The quantitative estimate of drug-likeness (QED) is 0.901. The molecule has 1 amide bonds.